The Hall–Kier alpha value is -3.41. The molecule has 3 N–H and O–H groups in total. The number of nitrogens with zero attached hydrogens (tertiary/aromatic N) is 1. The molecule has 4 rings (SSSR count). The van der Waals surface area contributed by atoms with Crippen LogP contribution in [0.1, 0.15) is 33.7 Å². The first kappa shape index (κ1) is 18.0. The highest BCUT2D eigenvalue weighted by molar-refractivity contribution is 6.01. The van der Waals surface area contributed by atoms with Gasteiger partial charge in [0, 0.05) is 11.4 Å². The lowest BCUT2D eigenvalue weighted by Gasteiger charge is -2.14. The average molecular weight is 374 g/mol. The number of fused-ring (bicyclic) bond motifs is 1. The van der Waals surface area contributed by atoms with Crippen molar-refractivity contribution in [3.8, 4) is 0 Å². The number of nitrogens with one attached hydrogen (secondary N) is 3. The molecule has 6 nitrogen and oxygen atoms in total. The van der Waals surface area contributed by atoms with Crippen molar-refractivity contribution in [2.75, 3.05) is 5.32 Å². The van der Waals surface area contributed by atoms with Gasteiger partial charge in [0.15, 0.2) is 0 Å². The zero-order valence-corrected chi connectivity index (χ0v) is 15.4. The number of amides is 2. The number of H-pyrrole nitrogens is 1. The minimum atomic E-state index is -0.579. The standard InChI is InChI=1S/C22H22N4O2/c27-21-19(13-11-16-8-4-5-9-18(16)23-21)24-22(28)20-14-17(25-26-20)12-10-15-6-2-1-3-7-15/h1-9,14,19H,10-13H2,(H,23,27)(H,24,28)(H,25,26)/t19-/m0/s1. The molecule has 0 radical (unpaired) electrons. The number of anilines is 1. The minimum absolute atomic E-state index is 0.196. The van der Waals surface area contributed by atoms with Crippen molar-refractivity contribution < 1.29 is 9.59 Å². The van der Waals surface area contributed by atoms with E-state index in [4.69, 9.17) is 0 Å². The first-order valence-electron chi connectivity index (χ1n) is 9.47. The maximum atomic E-state index is 12.6. The Balaban J connectivity index is 1.36. The molecule has 2 aromatic carbocycles. The molecule has 2 heterocycles. The number of rotatable bonds is 5. The molecule has 0 bridgehead atoms. The number of carbonyl (C=O) groups excluding carboxylic acids is 2. The molecule has 3 aromatic rings. The second kappa shape index (κ2) is 8.08. The molecule has 1 aliphatic rings. The Morgan fingerprint density at radius 2 is 1.86 bits per heavy atom. The summed E-state index contributed by atoms with van der Waals surface area (Å²) >= 11 is 0. The van der Waals surface area contributed by atoms with Crippen LogP contribution >= 0.6 is 0 Å². The molecule has 0 aliphatic carbocycles. The van der Waals surface area contributed by atoms with Crippen LogP contribution in [0.2, 0.25) is 0 Å². The summed E-state index contributed by atoms with van der Waals surface area (Å²) < 4.78 is 0. The van der Waals surface area contributed by atoms with Crippen molar-refractivity contribution in [3.05, 3.63) is 83.2 Å². The Morgan fingerprint density at radius 1 is 1.07 bits per heavy atom. The summed E-state index contributed by atoms with van der Waals surface area (Å²) in [6.45, 7) is 0. The monoisotopic (exact) mass is 374 g/mol. The van der Waals surface area contributed by atoms with Gasteiger partial charge in [-0.1, -0.05) is 48.5 Å². The van der Waals surface area contributed by atoms with E-state index in [2.05, 4.69) is 33.0 Å². The summed E-state index contributed by atoms with van der Waals surface area (Å²) in [6.07, 6.45) is 2.92. The van der Waals surface area contributed by atoms with E-state index < -0.39 is 6.04 Å². The van der Waals surface area contributed by atoms with Crippen LogP contribution in [0.3, 0.4) is 0 Å². The van der Waals surface area contributed by atoms with Crippen molar-refractivity contribution in [2.24, 2.45) is 0 Å². The van der Waals surface area contributed by atoms with E-state index in [9.17, 15) is 9.59 Å². The topological polar surface area (TPSA) is 86.9 Å². The maximum Gasteiger partial charge on any atom is 0.272 e. The number of para-hydroxylation sites is 1. The zero-order chi connectivity index (χ0) is 19.3. The lowest BCUT2D eigenvalue weighted by atomic mass is 10.1. The molecule has 6 heteroatoms. The zero-order valence-electron chi connectivity index (χ0n) is 15.4. The lowest BCUT2D eigenvalue weighted by Crippen LogP contribution is -2.43. The quantitative estimate of drug-likeness (QED) is 0.642. The Labute approximate surface area is 163 Å². The third kappa shape index (κ3) is 4.11. The van der Waals surface area contributed by atoms with Crippen LogP contribution in [-0.4, -0.2) is 28.1 Å². The third-order valence-electron chi connectivity index (χ3n) is 4.99. The van der Waals surface area contributed by atoms with E-state index in [-0.39, 0.29) is 11.8 Å². The van der Waals surface area contributed by atoms with Crippen LogP contribution in [0.15, 0.2) is 60.7 Å². The molecule has 0 spiro atoms. The smallest absolute Gasteiger partial charge is 0.272 e. The average Bonchev–Trinajstić information content (AvgIpc) is 3.14. The van der Waals surface area contributed by atoms with Crippen LogP contribution in [-0.2, 0) is 24.1 Å². The van der Waals surface area contributed by atoms with E-state index >= 15 is 0 Å². The largest absolute Gasteiger partial charge is 0.339 e. The van der Waals surface area contributed by atoms with Gasteiger partial charge in [0.1, 0.15) is 11.7 Å². The number of hydrogen-bond acceptors (Lipinski definition) is 3. The van der Waals surface area contributed by atoms with Gasteiger partial charge in [-0.15, -0.1) is 0 Å². The van der Waals surface area contributed by atoms with Gasteiger partial charge in [0.05, 0.1) is 0 Å². The fourth-order valence-corrected chi connectivity index (χ4v) is 3.41. The normalized spacial score (nSPS) is 16.0. The minimum Gasteiger partial charge on any atom is -0.339 e. The SMILES string of the molecule is O=C(N[C@H]1CCc2ccccc2NC1=O)c1cc(CCc2ccccc2)[nH]n1. The predicted molar refractivity (Wildman–Crippen MR) is 107 cm³/mol. The van der Waals surface area contributed by atoms with Gasteiger partial charge in [-0.3, -0.25) is 14.7 Å². The summed E-state index contributed by atoms with van der Waals surface area (Å²) in [5, 5.41) is 12.7. The van der Waals surface area contributed by atoms with Crippen LogP contribution in [0.5, 0.6) is 0 Å². The van der Waals surface area contributed by atoms with Crippen molar-refractivity contribution >= 4 is 17.5 Å². The van der Waals surface area contributed by atoms with Crippen molar-refractivity contribution in [3.63, 3.8) is 0 Å². The number of aryl methyl sites for hydroxylation is 3. The fraction of sp³-hybridized carbons (Fsp3) is 0.227. The second-order valence-electron chi connectivity index (χ2n) is 6.98. The number of aromatic amines is 1. The molecular formula is C22H22N4O2. The summed E-state index contributed by atoms with van der Waals surface area (Å²) in [5.74, 6) is -0.536. The lowest BCUT2D eigenvalue weighted by molar-refractivity contribution is -0.118. The van der Waals surface area contributed by atoms with Crippen molar-refractivity contribution in [2.45, 2.75) is 31.7 Å². The number of carbonyl (C=O) groups is 2. The van der Waals surface area contributed by atoms with Gasteiger partial charge >= 0.3 is 0 Å². The van der Waals surface area contributed by atoms with Crippen LogP contribution in [0.25, 0.3) is 0 Å². The van der Waals surface area contributed by atoms with Gasteiger partial charge in [0.25, 0.3) is 5.91 Å². The van der Waals surface area contributed by atoms with Crippen LogP contribution in [0, 0.1) is 0 Å². The molecule has 2 amide bonds. The predicted octanol–water partition coefficient (Wildman–Crippen LogP) is 2.88. The van der Waals surface area contributed by atoms with E-state index in [0.717, 1.165) is 36.2 Å². The summed E-state index contributed by atoms with van der Waals surface area (Å²) in [4.78, 5) is 25.0. The van der Waals surface area contributed by atoms with Gasteiger partial charge in [-0.05, 0) is 48.9 Å². The van der Waals surface area contributed by atoms with E-state index in [0.29, 0.717) is 12.1 Å². The van der Waals surface area contributed by atoms with Crippen LogP contribution < -0.4 is 10.6 Å². The molecule has 1 atom stereocenters. The number of hydrogen-bond donors (Lipinski definition) is 3. The van der Waals surface area contributed by atoms with Crippen molar-refractivity contribution in [1.29, 1.82) is 0 Å². The molecule has 0 saturated heterocycles. The third-order valence-corrected chi connectivity index (χ3v) is 4.99. The highest BCUT2D eigenvalue weighted by atomic mass is 16.2. The Morgan fingerprint density at radius 3 is 2.71 bits per heavy atom. The molecular weight excluding hydrogens is 352 g/mol. The van der Waals surface area contributed by atoms with Crippen molar-refractivity contribution in [1.82, 2.24) is 15.5 Å². The number of benzene rings is 2. The molecule has 0 unspecified atom stereocenters. The Bertz CT molecular complexity index is 981. The first-order chi connectivity index (χ1) is 13.7. The summed E-state index contributed by atoms with van der Waals surface area (Å²) in [7, 11) is 0. The second-order valence-corrected chi connectivity index (χ2v) is 6.98. The van der Waals surface area contributed by atoms with Gasteiger partial charge in [0.2, 0.25) is 5.91 Å². The highest BCUT2D eigenvalue weighted by Crippen LogP contribution is 2.21. The van der Waals surface area contributed by atoms with E-state index in [1.807, 2.05) is 42.5 Å². The van der Waals surface area contributed by atoms with E-state index in [1.165, 1.54) is 5.56 Å². The molecule has 1 aliphatic heterocycles. The molecule has 0 fully saturated rings. The summed E-state index contributed by atoms with van der Waals surface area (Å²) in [5.41, 5.74) is 4.32. The molecule has 28 heavy (non-hydrogen) atoms. The number of aromatic nitrogens is 2. The van der Waals surface area contributed by atoms with E-state index in [1.54, 1.807) is 6.07 Å². The molecule has 142 valence electrons. The van der Waals surface area contributed by atoms with Crippen LogP contribution in [0.4, 0.5) is 5.69 Å². The first-order valence-corrected chi connectivity index (χ1v) is 9.47. The van der Waals surface area contributed by atoms with Gasteiger partial charge in [-0.25, -0.2) is 0 Å². The Kier molecular flexibility index (Phi) is 5.19. The fourth-order valence-electron chi connectivity index (χ4n) is 3.41. The highest BCUT2D eigenvalue weighted by Gasteiger charge is 2.26. The molecule has 1 aromatic heterocycles. The summed E-state index contributed by atoms with van der Waals surface area (Å²) in [6, 6.07) is 19.0. The van der Waals surface area contributed by atoms with Gasteiger partial charge in [-0.2, -0.15) is 5.10 Å². The molecule has 0 saturated carbocycles. The maximum absolute atomic E-state index is 12.6. The van der Waals surface area contributed by atoms with Gasteiger partial charge < -0.3 is 10.6 Å².